The highest BCUT2D eigenvalue weighted by Crippen LogP contribution is 2.19. The quantitative estimate of drug-likeness (QED) is 0.311. The van der Waals surface area contributed by atoms with Crippen molar-refractivity contribution in [3.05, 3.63) is 90.0 Å². The van der Waals surface area contributed by atoms with Gasteiger partial charge in [0.05, 0.1) is 6.42 Å². The van der Waals surface area contributed by atoms with E-state index in [1.807, 2.05) is 54.6 Å². The number of aryl methyl sites for hydroxylation is 1. The van der Waals surface area contributed by atoms with Gasteiger partial charge in [0, 0.05) is 17.2 Å². The first-order valence-corrected chi connectivity index (χ1v) is 10.8. The highest BCUT2D eigenvalue weighted by molar-refractivity contribution is 7.99. The Hall–Kier alpha value is -3.05. The molecule has 154 valence electrons. The number of hydrogen-bond donors (Lipinski definition) is 1. The predicted octanol–water partition coefficient (Wildman–Crippen LogP) is 4.66. The average molecular weight is 420 g/mol. The van der Waals surface area contributed by atoms with Crippen molar-refractivity contribution in [3.8, 4) is 11.1 Å². The van der Waals surface area contributed by atoms with Gasteiger partial charge < -0.3 is 10.1 Å². The smallest absolute Gasteiger partial charge is 0.310 e. The second-order valence-corrected chi connectivity index (χ2v) is 8.08. The standard InChI is InChI=1S/C25H25NO3S/c1-19-7-13-23(14-8-19)30-16-15-26-24(27)18-29-25(28)17-20-9-11-22(12-10-20)21-5-3-2-4-6-21/h2-14H,15-18H2,1H3,(H,26,27). The van der Waals surface area contributed by atoms with E-state index in [9.17, 15) is 9.59 Å². The molecule has 0 bridgehead atoms. The Morgan fingerprint density at radius 3 is 2.23 bits per heavy atom. The molecule has 0 saturated carbocycles. The molecule has 3 aromatic rings. The molecule has 0 saturated heterocycles. The summed E-state index contributed by atoms with van der Waals surface area (Å²) in [6, 6.07) is 26.1. The van der Waals surface area contributed by atoms with Gasteiger partial charge in [0.15, 0.2) is 6.61 Å². The first-order chi connectivity index (χ1) is 14.6. The zero-order valence-corrected chi connectivity index (χ0v) is 17.8. The Morgan fingerprint density at radius 1 is 0.867 bits per heavy atom. The fourth-order valence-corrected chi connectivity index (χ4v) is 3.62. The summed E-state index contributed by atoms with van der Waals surface area (Å²) in [5, 5.41) is 2.77. The Morgan fingerprint density at radius 2 is 1.53 bits per heavy atom. The summed E-state index contributed by atoms with van der Waals surface area (Å²) in [4.78, 5) is 25.0. The zero-order valence-electron chi connectivity index (χ0n) is 17.0. The van der Waals surface area contributed by atoms with Crippen LogP contribution in [0.4, 0.5) is 0 Å². The maximum Gasteiger partial charge on any atom is 0.310 e. The minimum atomic E-state index is -0.411. The molecule has 0 aromatic heterocycles. The van der Waals surface area contributed by atoms with E-state index in [4.69, 9.17) is 4.74 Å². The first-order valence-electron chi connectivity index (χ1n) is 9.86. The molecule has 5 heteroatoms. The van der Waals surface area contributed by atoms with E-state index in [1.165, 1.54) is 10.5 Å². The largest absolute Gasteiger partial charge is 0.455 e. The summed E-state index contributed by atoms with van der Waals surface area (Å²) in [6.07, 6.45) is 0.144. The summed E-state index contributed by atoms with van der Waals surface area (Å²) >= 11 is 1.67. The number of nitrogens with one attached hydrogen (secondary N) is 1. The lowest BCUT2D eigenvalue weighted by Crippen LogP contribution is -2.30. The van der Waals surface area contributed by atoms with Crippen molar-refractivity contribution in [2.75, 3.05) is 18.9 Å². The minimum absolute atomic E-state index is 0.144. The molecule has 0 fully saturated rings. The number of ether oxygens (including phenoxy) is 1. The van der Waals surface area contributed by atoms with E-state index < -0.39 is 5.97 Å². The monoisotopic (exact) mass is 419 g/mol. The summed E-state index contributed by atoms with van der Waals surface area (Å²) in [5.41, 5.74) is 4.30. The van der Waals surface area contributed by atoms with Crippen molar-refractivity contribution in [3.63, 3.8) is 0 Å². The Balaban J connectivity index is 1.34. The fourth-order valence-electron chi connectivity index (χ4n) is 2.85. The molecular formula is C25H25NO3S. The first kappa shape index (κ1) is 21.7. The molecular weight excluding hydrogens is 394 g/mol. The molecule has 0 radical (unpaired) electrons. The third-order valence-corrected chi connectivity index (χ3v) is 5.50. The topological polar surface area (TPSA) is 55.4 Å². The van der Waals surface area contributed by atoms with Crippen LogP contribution in [0.3, 0.4) is 0 Å². The molecule has 3 rings (SSSR count). The molecule has 0 spiro atoms. The number of amides is 1. The number of esters is 1. The molecule has 4 nitrogen and oxygen atoms in total. The van der Waals surface area contributed by atoms with Gasteiger partial charge in [-0.05, 0) is 35.7 Å². The zero-order chi connectivity index (χ0) is 21.2. The highest BCUT2D eigenvalue weighted by Gasteiger charge is 2.09. The molecule has 0 aliphatic carbocycles. The van der Waals surface area contributed by atoms with Gasteiger partial charge in [-0.2, -0.15) is 0 Å². The molecule has 0 aliphatic heterocycles. The molecule has 0 heterocycles. The maximum atomic E-state index is 12.0. The van der Waals surface area contributed by atoms with Crippen LogP contribution in [0.5, 0.6) is 0 Å². The molecule has 3 aromatic carbocycles. The number of carbonyl (C=O) groups is 2. The van der Waals surface area contributed by atoms with E-state index in [2.05, 4.69) is 36.5 Å². The van der Waals surface area contributed by atoms with Crippen LogP contribution in [-0.4, -0.2) is 30.8 Å². The van der Waals surface area contributed by atoms with Gasteiger partial charge in [-0.25, -0.2) is 0 Å². The van der Waals surface area contributed by atoms with Crippen molar-refractivity contribution in [2.24, 2.45) is 0 Å². The number of carbonyl (C=O) groups excluding carboxylic acids is 2. The lowest BCUT2D eigenvalue weighted by atomic mass is 10.0. The summed E-state index contributed by atoms with van der Waals surface area (Å²) in [7, 11) is 0. The predicted molar refractivity (Wildman–Crippen MR) is 121 cm³/mol. The highest BCUT2D eigenvalue weighted by atomic mass is 32.2. The molecule has 1 amide bonds. The van der Waals surface area contributed by atoms with Gasteiger partial charge in [-0.3, -0.25) is 9.59 Å². The lowest BCUT2D eigenvalue weighted by molar-refractivity contribution is -0.147. The van der Waals surface area contributed by atoms with E-state index in [0.717, 1.165) is 22.4 Å². The van der Waals surface area contributed by atoms with Gasteiger partial charge in [0.1, 0.15) is 0 Å². The Bertz CT molecular complexity index is 954. The number of rotatable bonds is 9. The molecule has 0 unspecified atom stereocenters. The molecule has 1 N–H and O–H groups in total. The van der Waals surface area contributed by atoms with Gasteiger partial charge in [-0.1, -0.05) is 72.3 Å². The number of benzene rings is 3. The second-order valence-electron chi connectivity index (χ2n) is 6.91. The third kappa shape index (κ3) is 7.08. The van der Waals surface area contributed by atoms with Crippen LogP contribution in [-0.2, 0) is 20.7 Å². The lowest BCUT2D eigenvalue weighted by Gasteiger charge is -2.07. The van der Waals surface area contributed by atoms with E-state index in [1.54, 1.807) is 11.8 Å². The van der Waals surface area contributed by atoms with Crippen molar-refractivity contribution >= 4 is 23.6 Å². The van der Waals surface area contributed by atoms with Crippen LogP contribution in [0.1, 0.15) is 11.1 Å². The third-order valence-electron chi connectivity index (χ3n) is 4.49. The Labute approximate surface area is 181 Å². The van der Waals surface area contributed by atoms with Crippen LogP contribution in [0, 0.1) is 6.92 Å². The van der Waals surface area contributed by atoms with Gasteiger partial charge >= 0.3 is 5.97 Å². The SMILES string of the molecule is Cc1ccc(SCCNC(=O)COC(=O)Cc2ccc(-c3ccccc3)cc2)cc1. The second kappa shape index (κ2) is 11.2. The Kier molecular flexibility index (Phi) is 8.10. The van der Waals surface area contributed by atoms with Crippen LogP contribution >= 0.6 is 11.8 Å². The van der Waals surface area contributed by atoms with Gasteiger partial charge in [0.25, 0.3) is 5.91 Å². The van der Waals surface area contributed by atoms with Crippen molar-refractivity contribution in [1.29, 1.82) is 0 Å². The van der Waals surface area contributed by atoms with Gasteiger partial charge in [0.2, 0.25) is 0 Å². The van der Waals surface area contributed by atoms with Crippen LogP contribution in [0.15, 0.2) is 83.8 Å². The van der Waals surface area contributed by atoms with Crippen molar-refractivity contribution in [2.45, 2.75) is 18.2 Å². The molecule has 0 aliphatic rings. The fraction of sp³-hybridized carbons (Fsp3) is 0.200. The average Bonchev–Trinajstić information content (AvgIpc) is 2.78. The van der Waals surface area contributed by atoms with Crippen LogP contribution in [0.25, 0.3) is 11.1 Å². The number of hydrogen-bond acceptors (Lipinski definition) is 4. The summed E-state index contributed by atoms with van der Waals surface area (Å²) in [6.45, 7) is 2.32. The van der Waals surface area contributed by atoms with E-state index in [0.29, 0.717) is 6.54 Å². The van der Waals surface area contributed by atoms with Crippen LogP contribution < -0.4 is 5.32 Å². The molecule has 0 atom stereocenters. The molecule has 30 heavy (non-hydrogen) atoms. The summed E-state index contributed by atoms with van der Waals surface area (Å²) in [5.74, 6) is 0.0650. The summed E-state index contributed by atoms with van der Waals surface area (Å²) < 4.78 is 5.09. The maximum absolute atomic E-state index is 12.0. The van der Waals surface area contributed by atoms with Crippen molar-refractivity contribution < 1.29 is 14.3 Å². The normalized spacial score (nSPS) is 10.4. The van der Waals surface area contributed by atoms with Gasteiger partial charge in [-0.15, -0.1) is 11.8 Å². The van der Waals surface area contributed by atoms with E-state index in [-0.39, 0.29) is 18.9 Å². The number of thioether (sulfide) groups is 1. The van der Waals surface area contributed by atoms with Crippen molar-refractivity contribution in [1.82, 2.24) is 5.32 Å². The van der Waals surface area contributed by atoms with E-state index >= 15 is 0 Å². The minimum Gasteiger partial charge on any atom is -0.455 e. The van der Waals surface area contributed by atoms with Crippen LogP contribution in [0.2, 0.25) is 0 Å².